The number of hydrogen-bond acceptors (Lipinski definition) is 5. The maximum absolute atomic E-state index is 4.77. The minimum Gasteiger partial charge on any atom is -0.238 e. The maximum atomic E-state index is 4.77. The van der Waals surface area contributed by atoms with Gasteiger partial charge in [-0.1, -0.05) is 84.6 Å². The van der Waals surface area contributed by atoms with E-state index in [0.29, 0.717) is 0 Å². The van der Waals surface area contributed by atoms with E-state index in [4.69, 9.17) is 4.98 Å². The summed E-state index contributed by atoms with van der Waals surface area (Å²) in [5.41, 5.74) is 4.25. The summed E-state index contributed by atoms with van der Waals surface area (Å²) < 4.78 is 1.11. The fourth-order valence-corrected chi connectivity index (χ4v) is 5.29. The van der Waals surface area contributed by atoms with Crippen LogP contribution < -0.4 is 0 Å². The molecule has 2 aromatic heterocycles. The van der Waals surface area contributed by atoms with Gasteiger partial charge in [0.15, 0.2) is 0 Å². The first-order valence-electron chi connectivity index (χ1n) is 9.08. The Hall–Kier alpha value is -2.76. The minimum absolute atomic E-state index is 0.840. The molecule has 0 spiro atoms. The fourth-order valence-electron chi connectivity index (χ4n) is 3.37. The first-order valence-corrected chi connectivity index (χ1v) is 10.9. The van der Waals surface area contributed by atoms with Crippen LogP contribution in [0.15, 0.2) is 77.8 Å². The van der Waals surface area contributed by atoms with Crippen LogP contribution >= 0.6 is 23.1 Å². The number of aromatic nitrogens is 3. The summed E-state index contributed by atoms with van der Waals surface area (Å²) >= 11 is 3.39. The molecule has 0 radical (unpaired) electrons. The lowest BCUT2D eigenvalue weighted by molar-refractivity contribution is 0.955. The molecule has 28 heavy (non-hydrogen) atoms. The standard InChI is InChI=1S/C23H17N3S2/c1-15-24-21-22(28-15)20(17-9-3-2-4-10-17)25-26-23(21)27-14-18-12-7-11-16-8-5-6-13-19(16)18/h2-13H,14H2,1H3. The molecule has 0 unspecified atom stereocenters. The molecule has 5 rings (SSSR count). The third-order valence-corrected chi connectivity index (χ3v) is 6.67. The van der Waals surface area contributed by atoms with Gasteiger partial charge in [0.05, 0.1) is 9.71 Å². The van der Waals surface area contributed by atoms with Crippen LogP contribution in [0, 0.1) is 6.92 Å². The second kappa shape index (κ2) is 7.34. The summed E-state index contributed by atoms with van der Waals surface area (Å²) in [5.74, 6) is 0.840. The molecule has 5 aromatic rings. The van der Waals surface area contributed by atoms with Crippen molar-refractivity contribution in [2.24, 2.45) is 0 Å². The van der Waals surface area contributed by atoms with Crippen molar-refractivity contribution in [2.45, 2.75) is 17.7 Å². The van der Waals surface area contributed by atoms with Gasteiger partial charge in [-0.15, -0.1) is 21.5 Å². The van der Waals surface area contributed by atoms with Crippen LogP contribution in [0.25, 0.3) is 32.2 Å². The van der Waals surface area contributed by atoms with E-state index < -0.39 is 0 Å². The summed E-state index contributed by atoms with van der Waals surface area (Å²) in [6, 6.07) is 25.2. The quantitative estimate of drug-likeness (QED) is 0.323. The number of rotatable bonds is 4. The molecule has 0 aliphatic rings. The normalized spacial score (nSPS) is 11.3. The highest BCUT2D eigenvalue weighted by Gasteiger charge is 2.16. The Morgan fingerprint density at radius 2 is 1.64 bits per heavy atom. The van der Waals surface area contributed by atoms with Crippen molar-refractivity contribution < 1.29 is 0 Å². The minimum atomic E-state index is 0.840. The molecule has 0 N–H and O–H groups in total. The van der Waals surface area contributed by atoms with Crippen molar-refractivity contribution >= 4 is 44.1 Å². The first kappa shape index (κ1) is 17.3. The highest BCUT2D eigenvalue weighted by Crippen LogP contribution is 2.36. The van der Waals surface area contributed by atoms with Crippen LogP contribution in [-0.4, -0.2) is 15.2 Å². The van der Waals surface area contributed by atoms with Crippen LogP contribution in [0.1, 0.15) is 10.6 Å². The molecule has 0 bridgehead atoms. The zero-order valence-electron chi connectivity index (χ0n) is 15.3. The fraction of sp³-hybridized carbons (Fsp3) is 0.0870. The van der Waals surface area contributed by atoms with Gasteiger partial charge in [-0.2, -0.15) is 0 Å². The lowest BCUT2D eigenvalue weighted by atomic mass is 10.1. The molecule has 136 valence electrons. The van der Waals surface area contributed by atoms with E-state index in [1.807, 2.05) is 25.1 Å². The second-order valence-corrected chi connectivity index (χ2v) is 8.72. The monoisotopic (exact) mass is 399 g/mol. The van der Waals surface area contributed by atoms with Crippen molar-refractivity contribution in [3.05, 3.63) is 83.4 Å². The number of nitrogens with zero attached hydrogens (tertiary/aromatic N) is 3. The lowest BCUT2D eigenvalue weighted by Crippen LogP contribution is -1.93. The Bertz CT molecular complexity index is 1270. The van der Waals surface area contributed by atoms with Crippen LogP contribution in [0.2, 0.25) is 0 Å². The van der Waals surface area contributed by atoms with Gasteiger partial charge in [0.2, 0.25) is 0 Å². The average Bonchev–Trinajstić information content (AvgIpc) is 3.14. The van der Waals surface area contributed by atoms with E-state index >= 15 is 0 Å². The number of benzene rings is 3. The number of aryl methyl sites for hydroxylation is 1. The number of thioether (sulfide) groups is 1. The van der Waals surface area contributed by atoms with Gasteiger partial charge in [-0.05, 0) is 23.3 Å². The van der Waals surface area contributed by atoms with Gasteiger partial charge in [0.25, 0.3) is 0 Å². The Balaban J connectivity index is 1.53. The Morgan fingerprint density at radius 3 is 2.54 bits per heavy atom. The van der Waals surface area contributed by atoms with Gasteiger partial charge in [-0.3, -0.25) is 0 Å². The highest BCUT2D eigenvalue weighted by molar-refractivity contribution is 7.98. The summed E-state index contributed by atoms with van der Waals surface area (Å²) in [7, 11) is 0. The average molecular weight is 400 g/mol. The first-order chi connectivity index (χ1) is 13.8. The lowest BCUT2D eigenvalue weighted by Gasteiger charge is -2.07. The molecule has 5 heteroatoms. The van der Waals surface area contributed by atoms with Gasteiger partial charge >= 0.3 is 0 Å². The largest absolute Gasteiger partial charge is 0.238 e. The zero-order valence-corrected chi connectivity index (χ0v) is 16.9. The van der Waals surface area contributed by atoms with Crippen molar-refractivity contribution in [2.75, 3.05) is 0 Å². The third-order valence-electron chi connectivity index (χ3n) is 4.68. The topological polar surface area (TPSA) is 38.7 Å². The molecule has 0 atom stereocenters. The predicted molar refractivity (Wildman–Crippen MR) is 119 cm³/mol. The van der Waals surface area contributed by atoms with Gasteiger partial charge in [0.1, 0.15) is 16.2 Å². The SMILES string of the molecule is Cc1nc2c(SCc3cccc4ccccc34)nnc(-c3ccccc3)c2s1. The highest BCUT2D eigenvalue weighted by atomic mass is 32.2. The molecule has 0 saturated carbocycles. The molecule has 0 saturated heterocycles. The smallest absolute Gasteiger partial charge is 0.146 e. The van der Waals surface area contributed by atoms with Gasteiger partial charge < -0.3 is 0 Å². The Morgan fingerprint density at radius 1 is 0.857 bits per heavy atom. The molecule has 0 amide bonds. The summed E-state index contributed by atoms with van der Waals surface area (Å²) in [5, 5.41) is 13.6. The van der Waals surface area contributed by atoms with Crippen molar-refractivity contribution in [3.8, 4) is 11.3 Å². The van der Waals surface area contributed by atoms with Crippen molar-refractivity contribution in [3.63, 3.8) is 0 Å². The number of thiazole rings is 1. The number of fused-ring (bicyclic) bond motifs is 2. The van der Waals surface area contributed by atoms with Crippen LogP contribution in [0.3, 0.4) is 0 Å². The number of hydrogen-bond donors (Lipinski definition) is 0. The summed E-state index contributed by atoms with van der Waals surface area (Å²) in [6.45, 7) is 2.04. The summed E-state index contributed by atoms with van der Waals surface area (Å²) in [4.78, 5) is 4.77. The predicted octanol–water partition coefficient (Wildman–Crippen LogP) is 6.51. The van der Waals surface area contributed by atoms with E-state index in [1.165, 1.54) is 16.3 Å². The Kier molecular flexibility index (Phi) is 4.55. The molecular formula is C23H17N3S2. The zero-order chi connectivity index (χ0) is 18.9. The molecule has 0 aliphatic carbocycles. The summed E-state index contributed by atoms with van der Waals surface area (Å²) in [6.07, 6.45) is 0. The molecule has 3 nitrogen and oxygen atoms in total. The second-order valence-electron chi connectivity index (χ2n) is 6.56. The van der Waals surface area contributed by atoms with Crippen LogP contribution in [0.5, 0.6) is 0 Å². The molecular weight excluding hydrogens is 382 g/mol. The van der Waals surface area contributed by atoms with Crippen LogP contribution in [0.4, 0.5) is 0 Å². The van der Waals surface area contributed by atoms with E-state index in [0.717, 1.165) is 37.3 Å². The molecule has 3 aromatic carbocycles. The van der Waals surface area contributed by atoms with Gasteiger partial charge in [-0.25, -0.2) is 4.98 Å². The van der Waals surface area contributed by atoms with E-state index in [-0.39, 0.29) is 0 Å². The molecule has 0 aliphatic heterocycles. The van der Waals surface area contributed by atoms with Gasteiger partial charge in [0, 0.05) is 11.3 Å². The van der Waals surface area contributed by atoms with E-state index in [1.54, 1.807) is 23.1 Å². The Labute approximate surface area is 171 Å². The van der Waals surface area contributed by atoms with E-state index in [2.05, 4.69) is 64.8 Å². The maximum Gasteiger partial charge on any atom is 0.146 e. The molecule has 0 fully saturated rings. The van der Waals surface area contributed by atoms with E-state index in [9.17, 15) is 0 Å². The molecule has 2 heterocycles. The van der Waals surface area contributed by atoms with Crippen molar-refractivity contribution in [1.29, 1.82) is 0 Å². The van der Waals surface area contributed by atoms with Crippen molar-refractivity contribution in [1.82, 2.24) is 15.2 Å². The third kappa shape index (κ3) is 3.17. The van der Waals surface area contributed by atoms with Crippen LogP contribution in [-0.2, 0) is 5.75 Å².